The van der Waals surface area contributed by atoms with E-state index in [-0.39, 0.29) is 6.04 Å². The summed E-state index contributed by atoms with van der Waals surface area (Å²) in [6.07, 6.45) is 3.38. The van der Waals surface area contributed by atoms with Crippen LogP contribution < -0.4 is 10.5 Å². The molecule has 1 aliphatic rings. The fourth-order valence-corrected chi connectivity index (χ4v) is 2.38. The monoisotopic (exact) mass is 245 g/mol. The lowest BCUT2D eigenvalue weighted by atomic mass is 10.2. The van der Waals surface area contributed by atoms with Gasteiger partial charge in [-0.25, -0.2) is 4.98 Å². The van der Waals surface area contributed by atoms with Crippen molar-refractivity contribution in [2.24, 2.45) is 5.73 Å². The maximum atomic E-state index is 6.18. The van der Waals surface area contributed by atoms with Crippen molar-refractivity contribution in [1.29, 1.82) is 0 Å². The maximum absolute atomic E-state index is 6.18. The van der Waals surface area contributed by atoms with E-state index in [1.165, 1.54) is 18.4 Å². The van der Waals surface area contributed by atoms with Crippen LogP contribution in [0, 0.1) is 0 Å². The highest BCUT2D eigenvalue weighted by Crippen LogP contribution is 2.40. The van der Waals surface area contributed by atoms with E-state index >= 15 is 0 Å². The Bertz CT molecular complexity index is 572. The van der Waals surface area contributed by atoms with Crippen LogP contribution in [0.1, 0.15) is 44.1 Å². The predicted octanol–water partition coefficient (Wildman–Crippen LogP) is 2.79. The van der Waals surface area contributed by atoms with Gasteiger partial charge in [-0.15, -0.1) is 0 Å². The van der Waals surface area contributed by atoms with Gasteiger partial charge in [-0.3, -0.25) is 0 Å². The SMILES string of the molecule is CCC(N)c1nc2cc(OC)ccc2n1C1CC1. The van der Waals surface area contributed by atoms with E-state index in [1.807, 2.05) is 12.1 Å². The largest absolute Gasteiger partial charge is 0.497 e. The second-order valence-corrected chi connectivity index (χ2v) is 4.94. The van der Waals surface area contributed by atoms with E-state index in [0.29, 0.717) is 6.04 Å². The van der Waals surface area contributed by atoms with Crippen molar-refractivity contribution in [3.05, 3.63) is 24.0 Å². The summed E-state index contributed by atoms with van der Waals surface area (Å²) in [5.41, 5.74) is 8.34. The maximum Gasteiger partial charge on any atom is 0.127 e. The molecular formula is C14H19N3O. The number of ether oxygens (including phenoxy) is 1. The summed E-state index contributed by atoms with van der Waals surface area (Å²) in [5.74, 6) is 1.86. The molecule has 1 aromatic heterocycles. The second kappa shape index (κ2) is 4.28. The van der Waals surface area contributed by atoms with Crippen molar-refractivity contribution in [3.63, 3.8) is 0 Å². The Balaban J connectivity index is 2.18. The van der Waals surface area contributed by atoms with Gasteiger partial charge < -0.3 is 15.0 Å². The zero-order valence-corrected chi connectivity index (χ0v) is 10.9. The molecule has 2 aromatic rings. The highest BCUT2D eigenvalue weighted by atomic mass is 16.5. The normalized spacial score (nSPS) is 17.1. The first-order chi connectivity index (χ1) is 8.74. The van der Waals surface area contributed by atoms with E-state index in [1.54, 1.807) is 7.11 Å². The molecule has 18 heavy (non-hydrogen) atoms. The molecule has 1 saturated carbocycles. The molecule has 0 amide bonds. The van der Waals surface area contributed by atoms with Gasteiger partial charge in [0.25, 0.3) is 0 Å². The van der Waals surface area contributed by atoms with E-state index in [4.69, 9.17) is 15.5 Å². The van der Waals surface area contributed by atoms with Crippen LogP contribution in [0.5, 0.6) is 5.75 Å². The van der Waals surface area contributed by atoms with Crippen molar-refractivity contribution in [3.8, 4) is 5.75 Å². The Morgan fingerprint density at radius 2 is 2.28 bits per heavy atom. The summed E-state index contributed by atoms with van der Waals surface area (Å²) in [6, 6.07) is 6.68. The molecule has 0 radical (unpaired) electrons. The molecule has 1 heterocycles. The third-order valence-electron chi connectivity index (χ3n) is 3.61. The molecule has 1 atom stereocenters. The van der Waals surface area contributed by atoms with Crippen LogP contribution in [0.4, 0.5) is 0 Å². The fraction of sp³-hybridized carbons (Fsp3) is 0.500. The first-order valence-corrected chi connectivity index (χ1v) is 6.56. The van der Waals surface area contributed by atoms with Crippen molar-refractivity contribution < 1.29 is 4.74 Å². The Kier molecular flexibility index (Phi) is 2.74. The number of imidazole rings is 1. The molecule has 96 valence electrons. The zero-order valence-electron chi connectivity index (χ0n) is 10.9. The van der Waals surface area contributed by atoms with Gasteiger partial charge in [0, 0.05) is 12.1 Å². The Labute approximate surface area is 107 Å². The fourth-order valence-electron chi connectivity index (χ4n) is 2.38. The lowest BCUT2D eigenvalue weighted by Gasteiger charge is -2.12. The summed E-state index contributed by atoms with van der Waals surface area (Å²) in [5, 5.41) is 0. The van der Waals surface area contributed by atoms with Crippen molar-refractivity contribution in [2.75, 3.05) is 7.11 Å². The van der Waals surface area contributed by atoms with Crippen LogP contribution >= 0.6 is 0 Å². The molecule has 1 fully saturated rings. The van der Waals surface area contributed by atoms with Gasteiger partial charge in [-0.2, -0.15) is 0 Å². The molecule has 3 rings (SSSR count). The van der Waals surface area contributed by atoms with Gasteiger partial charge in [0.05, 0.1) is 24.2 Å². The Morgan fingerprint density at radius 3 is 2.89 bits per heavy atom. The number of methoxy groups -OCH3 is 1. The molecule has 0 aliphatic heterocycles. The average molecular weight is 245 g/mol. The molecule has 0 bridgehead atoms. The van der Waals surface area contributed by atoms with Crippen LogP contribution in [0.25, 0.3) is 11.0 Å². The topological polar surface area (TPSA) is 53.1 Å². The molecule has 1 aromatic carbocycles. The van der Waals surface area contributed by atoms with Gasteiger partial charge in [-0.05, 0) is 31.4 Å². The molecule has 4 nitrogen and oxygen atoms in total. The first-order valence-electron chi connectivity index (χ1n) is 6.56. The van der Waals surface area contributed by atoms with Gasteiger partial charge in [-0.1, -0.05) is 6.92 Å². The van der Waals surface area contributed by atoms with Crippen LogP contribution in [0.15, 0.2) is 18.2 Å². The summed E-state index contributed by atoms with van der Waals surface area (Å²) in [4.78, 5) is 4.71. The van der Waals surface area contributed by atoms with E-state index in [2.05, 4.69) is 17.6 Å². The minimum absolute atomic E-state index is 0.0176. The van der Waals surface area contributed by atoms with E-state index < -0.39 is 0 Å². The molecule has 0 saturated heterocycles. The average Bonchev–Trinajstić information content (AvgIpc) is 3.17. The number of hydrogen-bond donors (Lipinski definition) is 1. The Morgan fingerprint density at radius 1 is 1.50 bits per heavy atom. The Hall–Kier alpha value is -1.55. The highest BCUT2D eigenvalue weighted by Gasteiger charge is 2.29. The highest BCUT2D eigenvalue weighted by molar-refractivity contribution is 5.78. The summed E-state index contributed by atoms with van der Waals surface area (Å²) >= 11 is 0. The van der Waals surface area contributed by atoms with E-state index in [9.17, 15) is 0 Å². The summed E-state index contributed by atoms with van der Waals surface area (Å²) < 4.78 is 7.58. The molecule has 1 aliphatic carbocycles. The lowest BCUT2D eigenvalue weighted by molar-refractivity contribution is 0.415. The number of nitrogens with zero attached hydrogens (tertiary/aromatic N) is 2. The van der Waals surface area contributed by atoms with E-state index in [0.717, 1.165) is 23.5 Å². The molecule has 2 N–H and O–H groups in total. The minimum atomic E-state index is 0.0176. The van der Waals surface area contributed by atoms with Crippen molar-refractivity contribution in [2.45, 2.75) is 38.3 Å². The van der Waals surface area contributed by atoms with Gasteiger partial charge in [0.2, 0.25) is 0 Å². The number of aromatic nitrogens is 2. The van der Waals surface area contributed by atoms with Crippen LogP contribution in [-0.4, -0.2) is 16.7 Å². The van der Waals surface area contributed by atoms with Gasteiger partial charge in [0.15, 0.2) is 0 Å². The number of rotatable bonds is 4. The molecule has 1 unspecified atom stereocenters. The minimum Gasteiger partial charge on any atom is -0.497 e. The van der Waals surface area contributed by atoms with Gasteiger partial charge >= 0.3 is 0 Å². The first kappa shape index (κ1) is 11.5. The predicted molar refractivity (Wildman–Crippen MR) is 71.8 cm³/mol. The van der Waals surface area contributed by atoms with Crippen LogP contribution in [0.2, 0.25) is 0 Å². The number of fused-ring (bicyclic) bond motifs is 1. The third-order valence-corrected chi connectivity index (χ3v) is 3.61. The smallest absolute Gasteiger partial charge is 0.127 e. The summed E-state index contributed by atoms with van der Waals surface area (Å²) in [7, 11) is 1.68. The van der Waals surface area contributed by atoms with Crippen molar-refractivity contribution >= 4 is 11.0 Å². The quantitative estimate of drug-likeness (QED) is 0.901. The molecular weight excluding hydrogens is 226 g/mol. The lowest BCUT2D eigenvalue weighted by Crippen LogP contribution is -2.15. The standard InChI is InChI=1S/C14H19N3O/c1-3-11(15)14-16-12-8-10(18-2)6-7-13(12)17(14)9-4-5-9/h6-9,11H,3-5,15H2,1-2H3. The van der Waals surface area contributed by atoms with Gasteiger partial charge in [0.1, 0.15) is 11.6 Å². The molecule has 0 spiro atoms. The zero-order chi connectivity index (χ0) is 12.7. The van der Waals surface area contributed by atoms with Crippen LogP contribution in [0.3, 0.4) is 0 Å². The number of nitrogens with two attached hydrogens (primary N) is 1. The number of hydrogen-bond acceptors (Lipinski definition) is 3. The third kappa shape index (κ3) is 1.77. The summed E-state index contributed by atoms with van der Waals surface area (Å²) in [6.45, 7) is 2.10. The number of benzene rings is 1. The van der Waals surface area contributed by atoms with Crippen molar-refractivity contribution in [1.82, 2.24) is 9.55 Å². The van der Waals surface area contributed by atoms with Crippen LogP contribution in [-0.2, 0) is 0 Å². The second-order valence-electron chi connectivity index (χ2n) is 4.94. The molecule has 4 heteroatoms.